The molecule has 0 saturated carbocycles. The van der Waals surface area contributed by atoms with Gasteiger partial charge in [0.1, 0.15) is 4.90 Å². The van der Waals surface area contributed by atoms with Gasteiger partial charge in [0, 0.05) is 35.4 Å². The second-order valence-electron chi connectivity index (χ2n) is 8.82. The van der Waals surface area contributed by atoms with E-state index in [2.05, 4.69) is 4.90 Å². The summed E-state index contributed by atoms with van der Waals surface area (Å²) in [5.74, 6) is -1.47. The molecule has 0 bridgehead atoms. The maximum Gasteiger partial charge on any atom is 0.241 e. The third-order valence-electron chi connectivity index (χ3n) is 6.55. The molecular weight excluding hydrogens is 477 g/mol. The number of rotatable bonds is 4. The summed E-state index contributed by atoms with van der Waals surface area (Å²) in [5, 5.41) is 5.84. The molecule has 2 aliphatic rings. The van der Waals surface area contributed by atoms with E-state index in [1.54, 1.807) is 0 Å². The van der Waals surface area contributed by atoms with Gasteiger partial charge in [-0.25, -0.2) is 17.9 Å². The summed E-state index contributed by atoms with van der Waals surface area (Å²) >= 11 is 6.29. The van der Waals surface area contributed by atoms with Crippen molar-refractivity contribution in [2.24, 2.45) is 11.1 Å². The van der Waals surface area contributed by atoms with E-state index in [1.165, 1.54) is 17.0 Å². The Bertz CT molecular complexity index is 1390. The molecular formula is C25H23ClFN3O3S. The van der Waals surface area contributed by atoms with Gasteiger partial charge in [-0.05, 0) is 48.7 Å². The summed E-state index contributed by atoms with van der Waals surface area (Å²) < 4.78 is 38.6. The van der Waals surface area contributed by atoms with E-state index < -0.39 is 20.7 Å². The number of halogens is 2. The van der Waals surface area contributed by atoms with Crippen molar-refractivity contribution in [3.05, 3.63) is 77.1 Å². The Balaban J connectivity index is 1.32. The maximum absolute atomic E-state index is 15.1. The largest absolute Gasteiger partial charge is 0.370 e. The molecule has 3 aromatic carbocycles. The summed E-state index contributed by atoms with van der Waals surface area (Å²) in [6.45, 7) is 2.83. The molecule has 9 heteroatoms. The van der Waals surface area contributed by atoms with Crippen molar-refractivity contribution >= 4 is 38.9 Å². The minimum atomic E-state index is -4.23. The summed E-state index contributed by atoms with van der Waals surface area (Å²) in [6, 6.07) is 18.0. The van der Waals surface area contributed by atoms with Gasteiger partial charge in [-0.3, -0.25) is 4.79 Å². The van der Waals surface area contributed by atoms with Crippen molar-refractivity contribution < 1.29 is 17.6 Å². The van der Waals surface area contributed by atoms with Gasteiger partial charge in [0.15, 0.2) is 5.82 Å². The van der Waals surface area contributed by atoms with Gasteiger partial charge in [-0.2, -0.15) is 0 Å². The van der Waals surface area contributed by atoms with Crippen LogP contribution in [-0.2, 0) is 21.2 Å². The lowest BCUT2D eigenvalue weighted by Crippen LogP contribution is -2.56. The Kier molecular flexibility index (Phi) is 5.62. The molecule has 0 unspecified atom stereocenters. The van der Waals surface area contributed by atoms with Crippen LogP contribution < -0.4 is 14.9 Å². The first-order chi connectivity index (χ1) is 16.1. The van der Waals surface area contributed by atoms with E-state index in [1.807, 2.05) is 55.5 Å². The Morgan fingerprint density at radius 3 is 2.38 bits per heavy atom. The number of primary sulfonamides is 1. The molecule has 2 N–H and O–H groups in total. The van der Waals surface area contributed by atoms with Gasteiger partial charge in [0.2, 0.25) is 15.9 Å². The van der Waals surface area contributed by atoms with Crippen LogP contribution >= 0.6 is 11.6 Å². The number of carbonyl (C=O) groups is 1. The minimum Gasteiger partial charge on any atom is -0.370 e. The highest BCUT2D eigenvalue weighted by Crippen LogP contribution is 2.39. The Hall–Kier alpha value is -2.94. The number of fused-ring (bicyclic) bond motifs is 1. The molecule has 5 rings (SSSR count). The topological polar surface area (TPSA) is 83.7 Å². The van der Waals surface area contributed by atoms with Gasteiger partial charge >= 0.3 is 0 Å². The highest BCUT2D eigenvalue weighted by Gasteiger charge is 2.42. The van der Waals surface area contributed by atoms with Crippen molar-refractivity contribution in [3.63, 3.8) is 0 Å². The molecule has 0 aromatic heterocycles. The fourth-order valence-electron chi connectivity index (χ4n) is 4.78. The summed E-state index contributed by atoms with van der Waals surface area (Å²) in [4.78, 5) is 16.2. The molecule has 1 atom stereocenters. The summed E-state index contributed by atoms with van der Waals surface area (Å²) in [6.07, 6.45) is 0.461. The van der Waals surface area contributed by atoms with E-state index >= 15 is 4.39 Å². The molecule has 1 amide bonds. The zero-order valence-corrected chi connectivity index (χ0v) is 20.0. The predicted molar refractivity (Wildman–Crippen MR) is 131 cm³/mol. The second-order valence-corrected chi connectivity index (χ2v) is 10.8. The first-order valence-electron chi connectivity index (χ1n) is 10.9. The van der Waals surface area contributed by atoms with Gasteiger partial charge < -0.3 is 9.80 Å². The molecule has 0 aliphatic carbocycles. The Morgan fingerprint density at radius 2 is 1.74 bits per heavy atom. The van der Waals surface area contributed by atoms with Gasteiger partial charge in [-0.15, -0.1) is 0 Å². The molecule has 2 heterocycles. The Morgan fingerprint density at radius 1 is 1.06 bits per heavy atom. The molecule has 176 valence electrons. The summed E-state index contributed by atoms with van der Waals surface area (Å²) in [7, 11) is -4.23. The van der Waals surface area contributed by atoms with E-state index in [9.17, 15) is 13.2 Å². The highest BCUT2D eigenvalue weighted by atomic mass is 35.5. The lowest BCUT2D eigenvalue weighted by atomic mass is 9.96. The van der Waals surface area contributed by atoms with E-state index in [0.717, 1.165) is 16.8 Å². The van der Waals surface area contributed by atoms with E-state index in [0.29, 0.717) is 30.1 Å². The first kappa shape index (κ1) is 22.8. The molecule has 0 radical (unpaired) electrons. The van der Waals surface area contributed by atoms with Crippen molar-refractivity contribution in [2.45, 2.75) is 24.3 Å². The number of anilines is 2. The summed E-state index contributed by atoms with van der Waals surface area (Å²) in [5.41, 5.74) is 3.59. The number of benzene rings is 3. The van der Waals surface area contributed by atoms with E-state index in [4.69, 9.17) is 16.7 Å². The van der Waals surface area contributed by atoms with Gasteiger partial charge in [0.25, 0.3) is 0 Å². The zero-order chi connectivity index (χ0) is 24.2. The number of nitrogens with two attached hydrogens (primary N) is 1. The average molecular weight is 500 g/mol. The number of sulfonamides is 1. The molecule has 34 heavy (non-hydrogen) atoms. The van der Waals surface area contributed by atoms with Crippen LogP contribution in [0, 0.1) is 11.7 Å². The molecule has 6 nitrogen and oxygen atoms in total. The molecule has 1 saturated heterocycles. The third kappa shape index (κ3) is 3.85. The fourth-order valence-corrected chi connectivity index (χ4v) is 5.63. The van der Waals surface area contributed by atoms with Crippen molar-refractivity contribution in [3.8, 4) is 11.1 Å². The SMILES string of the molecule is C[C@@H]1Cc2ccc(S(N)(=O)=O)c(F)c2N1C(=O)C1CN(c2ccc(-c3ccccc3Cl)cc2)C1. The molecule has 1 fully saturated rings. The number of amides is 1. The monoisotopic (exact) mass is 499 g/mol. The number of hydrogen-bond donors (Lipinski definition) is 1. The van der Waals surface area contributed by atoms with Crippen LogP contribution in [0.3, 0.4) is 0 Å². The average Bonchev–Trinajstić information content (AvgIpc) is 3.09. The van der Waals surface area contributed by atoms with Crippen LogP contribution in [0.2, 0.25) is 5.02 Å². The molecule has 3 aromatic rings. The first-order valence-corrected chi connectivity index (χ1v) is 12.8. The van der Waals surface area contributed by atoms with Crippen LogP contribution in [-0.4, -0.2) is 33.5 Å². The van der Waals surface area contributed by atoms with Gasteiger partial charge in [-0.1, -0.05) is 48.0 Å². The van der Waals surface area contributed by atoms with E-state index in [-0.39, 0.29) is 23.6 Å². The Labute approximate surface area is 202 Å². The maximum atomic E-state index is 15.1. The predicted octanol–water partition coefficient (Wildman–Crippen LogP) is 4.21. The number of carbonyl (C=O) groups excluding carboxylic acids is 1. The standard InChI is InChI=1S/C25H23ClFN3O3S/c1-15-12-17-8-11-22(34(28,32)33)23(27)24(17)30(15)25(31)18-13-29(14-18)19-9-6-16(7-10-19)20-4-2-3-5-21(20)26/h2-11,15,18H,12-14H2,1H3,(H2,28,32,33)/t15-/m1/s1. The zero-order valence-electron chi connectivity index (χ0n) is 18.4. The van der Waals surface area contributed by atoms with Crippen LogP contribution in [0.5, 0.6) is 0 Å². The van der Waals surface area contributed by atoms with Crippen molar-refractivity contribution in [1.29, 1.82) is 0 Å². The molecule has 0 spiro atoms. The van der Waals surface area contributed by atoms with Crippen LogP contribution in [0.25, 0.3) is 11.1 Å². The normalized spacial score (nSPS) is 18.1. The number of nitrogens with zero attached hydrogens (tertiary/aromatic N) is 2. The second kappa shape index (κ2) is 8.37. The lowest BCUT2D eigenvalue weighted by molar-refractivity contribution is -0.123. The van der Waals surface area contributed by atoms with Crippen molar-refractivity contribution in [2.75, 3.05) is 22.9 Å². The minimum absolute atomic E-state index is 0.0339. The van der Waals surface area contributed by atoms with Crippen LogP contribution in [0.4, 0.5) is 15.8 Å². The van der Waals surface area contributed by atoms with Crippen LogP contribution in [0.15, 0.2) is 65.6 Å². The highest BCUT2D eigenvalue weighted by molar-refractivity contribution is 7.89. The smallest absolute Gasteiger partial charge is 0.241 e. The molecule has 2 aliphatic heterocycles. The lowest BCUT2D eigenvalue weighted by Gasteiger charge is -2.42. The van der Waals surface area contributed by atoms with Crippen LogP contribution in [0.1, 0.15) is 12.5 Å². The number of hydrogen-bond acceptors (Lipinski definition) is 4. The van der Waals surface area contributed by atoms with Gasteiger partial charge in [0.05, 0.1) is 11.6 Å². The fraction of sp³-hybridized carbons (Fsp3) is 0.240. The van der Waals surface area contributed by atoms with Crippen molar-refractivity contribution in [1.82, 2.24) is 0 Å². The third-order valence-corrected chi connectivity index (χ3v) is 7.81. The quantitative estimate of drug-likeness (QED) is 0.583.